The molecular formula is C12H26OSi. The molecule has 14 heavy (non-hydrogen) atoms. The predicted molar refractivity (Wildman–Crippen MR) is 64.6 cm³/mol. The Morgan fingerprint density at radius 2 is 1.43 bits per heavy atom. The second kappa shape index (κ2) is 5.31. The molecule has 2 heteroatoms. The maximum atomic E-state index is 6.04. The summed E-state index contributed by atoms with van der Waals surface area (Å²) in [4.78, 5) is 0. The fourth-order valence-electron chi connectivity index (χ4n) is 1.90. The van der Waals surface area contributed by atoms with Gasteiger partial charge >= 0.3 is 0 Å². The van der Waals surface area contributed by atoms with Crippen LogP contribution in [0, 0.1) is 10.8 Å². The Labute approximate surface area is 92.6 Å². The molecule has 0 heterocycles. The second-order valence-corrected chi connectivity index (χ2v) is 7.15. The Kier molecular flexibility index (Phi) is 5.38. The van der Waals surface area contributed by atoms with Gasteiger partial charge in [0, 0.05) is 0 Å². The molecule has 1 nitrogen and oxygen atoms in total. The first-order valence-electron chi connectivity index (χ1n) is 5.58. The van der Waals surface area contributed by atoms with Crippen molar-refractivity contribution in [3.05, 3.63) is 0 Å². The minimum Gasteiger partial charge on any atom is -0.414 e. The molecule has 0 aromatic carbocycles. The minimum absolute atomic E-state index is 0.235. The van der Waals surface area contributed by atoms with Gasteiger partial charge in [-0.25, -0.2) is 0 Å². The maximum absolute atomic E-state index is 6.04. The van der Waals surface area contributed by atoms with Crippen molar-refractivity contribution in [2.75, 3.05) is 0 Å². The lowest BCUT2D eigenvalue weighted by Crippen LogP contribution is -2.41. The highest BCUT2D eigenvalue weighted by atomic mass is 28.2. The van der Waals surface area contributed by atoms with E-state index < -0.39 is 0 Å². The summed E-state index contributed by atoms with van der Waals surface area (Å²) >= 11 is 0. The van der Waals surface area contributed by atoms with Gasteiger partial charge in [-0.2, -0.15) is 0 Å². The SMILES string of the molecule is CCC[Si]OC(C(C)(C)C)C(C)(C)C. The highest BCUT2D eigenvalue weighted by molar-refractivity contribution is 6.27. The highest BCUT2D eigenvalue weighted by Crippen LogP contribution is 2.35. The summed E-state index contributed by atoms with van der Waals surface area (Å²) in [6.07, 6.45) is 1.57. The van der Waals surface area contributed by atoms with Crippen LogP contribution < -0.4 is 0 Å². The average Bonchev–Trinajstić information content (AvgIpc) is 1.92. The highest BCUT2D eigenvalue weighted by Gasteiger charge is 2.35. The van der Waals surface area contributed by atoms with Crippen molar-refractivity contribution in [2.24, 2.45) is 10.8 Å². The van der Waals surface area contributed by atoms with Crippen LogP contribution in [-0.4, -0.2) is 15.9 Å². The van der Waals surface area contributed by atoms with Crippen LogP contribution >= 0.6 is 0 Å². The van der Waals surface area contributed by atoms with Crippen LogP contribution in [0.4, 0.5) is 0 Å². The van der Waals surface area contributed by atoms with Crippen molar-refractivity contribution < 1.29 is 4.43 Å². The van der Waals surface area contributed by atoms with E-state index >= 15 is 0 Å². The third-order valence-corrected chi connectivity index (χ3v) is 3.23. The Morgan fingerprint density at radius 3 is 1.71 bits per heavy atom. The second-order valence-electron chi connectivity index (χ2n) is 6.12. The summed E-state index contributed by atoms with van der Waals surface area (Å²) < 4.78 is 6.04. The van der Waals surface area contributed by atoms with E-state index in [4.69, 9.17) is 4.43 Å². The molecule has 0 unspecified atom stereocenters. The van der Waals surface area contributed by atoms with Gasteiger partial charge in [0.15, 0.2) is 0 Å². The van der Waals surface area contributed by atoms with Crippen molar-refractivity contribution >= 4 is 9.76 Å². The van der Waals surface area contributed by atoms with Crippen LogP contribution in [0.5, 0.6) is 0 Å². The van der Waals surface area contributed by atoms with Crippen molar-refractivity contribution in [3.8, 4) is 0 Å². The van der Waals surface area contributed by atoms with Crippen molar-refractivity contribution in [1.82, 2.24) is 0 Å². The quantitative estimate of drug-likeness (QED) is 0.509. The van der Waals surface area contributed by atoms with Gasteiger partial charge in [-0.15, -0.1) is 0 Å². The number of rotatable bonds is 4. The monoisotopic (exact) mass is 214 g/mol. The van der Waals surface area contributed by atoms with Crippen molar-refractivity contribution in [3.63, 3.8) is 0 Å². The first kappa shape index (κ1) is 14.2. The molecule has 0 amide bonds. The number of hydrogen-bond donors (Lipinski definition) is 0. The van der Waals surface area contributed by atoms with E-state index in [1.165, 1.54) is 12.5 Å². The topological polar surface area (TPSA) is 9.23 Å². The lowest BCUT2D eigenvalue weighted by atomic mass is 9.74. The van der Waals surface area contributed by atoms with Gasteiger partial charge < -0.3 is 4.43 Å². The van der Waals surface area contributed by atoms with E-state index in [0.717, 1.165) is 0 Å². The minimum atomic E-state index is 0.235. The van der Waals surface area contributed by atoms with E-state index in [1.807, 2.05) is 0 Å². The zero-order chi connectivity index (χ0) is 11.4. The standard InChI is InChI=1S/C12H26OSi/c1-8-9-14-13-10(11(2,3)4)12(5,6)7/h10H,8-9H2,1-7H3. The van der Waals surface area contributed by atoms with E-state index in [0.29, 0.717) is 15.9 Å². The molecule has 0 atom stereocenters. The van der Waals surface area contributed by atoms with Crippen LogP contribution in [0.2, 0.25) is 6.04 Å². The van der Waals surface area contributed by atoms with E-state index in [1.54, 1.807) is 0 Å². The Morgan fingerprint density at radius 1 is 1.00 bits per heavy atom. The van der Waals surface area contributed by atoms with E-state index in [2.05, 4.69) is 48.5 Å². The first-order valence-corrected chi connectivity index (χ1v) is 6.69. The third kappa shape index (κ3) is 5.16. The molecule has 0 aromatic rings. The lowest BCUT2D eigenvalue weighted by Gasteiger charge is -2.40. The van der Waals surface area contributed by atoms with Crippen LogP contribution in [0.25, 0.3) is 0 Å². The fraction of sp³-hybridized carbons (Fsp3) is 1.00. The zero-order valence-electron chi connectivity index (χ0n) is 10.9. The molecule has 0 saturated heterocycles. The molecule has 0 saturated carbocycles. The van der Waals surface area contributed by atoms with Gasteiger partial charge in [0.2, 0.25) is 9.76 Å². The molecule has 0 N–H and O–H groups in total. The van der Waals surface area contributed by atoms with Gasteiger partial charge in [-0.1, -0.05) is 54.9 Å². The Bertz CT molecular complexity index is 139. The molecule has 0 spiro atoms. The molecule has 0 aliphatic carbocycles. The Hall–Kier alpha value is 0.177. The van der Waals surface area contributed by atoms with Crippen LogP contribution in [0.3, 0.4) is 0 Å². The van der Waals surface area contributed by atoms with Gasteiger partial charge in [-0.05, 0) is 16.9 Å². The molecule has 0 aliphatic heterocycles. The zero-order valence-corrected chi connectivity index (χ0v) is 11.9. The van der Waals surface area contributed by atoms with Crippen molar-refractivity contribution in [1.29, 1.82) is 0 Å². The normalized spacial score (nSPS) is 13.7. The molecule has 84 valence electrons. The summed E-state index contributed by atoms with van der Waals surface area (Å²) in [5.41, 5.74) is 0.470. The molecule has 0 aliphatic rings. The maximum Gasteiger partial charge on any atom is 0.230 e. The average molecular weight is 214 g/mol. The predicted octanol–water partition coefficient (Wildman–Crippen LogP) is 3.91. The van der Waals surface area contributed by atoms with Crippen LogP contribution in [-0.2, 0) is 4.43 Å². The lowest BCUT2D eigenvalue weighted by molar-refractivity contribution is 0.0000717. The fourth-order valence-corrected chi connectivity index (χ4v) is 3.09. The first-order chi connectivity index (χ1) is 6.19. The third-order valence-electron chi connectivity index (χ3n) is 2.13. The van der Waals surface area contributed by atoms with Gasteiger partial charge in [0.25, 0.3) is 0 Å². The van der Waals surface area contributed by atoms with Gasteiger partial charge in [0.1, 0.15) is 0 Å². The van der Waals surface area contributed by atoms with Gasteiger partial charge in [0.05, 0.1) is 6.10 Å². The van der Waals surface area contributed by atoms with E-state index in [9.17, 15) is 0 Å². The molecule has 0 aromatic heterocycles. The molecule has 0 bridgehead atoms. The number of hydrogen-bond acceptors (Lipinski definition) is 1. The molecule has 0 rings (SSSR count). The van der Waals surface area contributed by atoms with Crippen LogP contribution in [0.15, 0.2) is 0 Å². The summed E-state index contributed by atoms with van der Waals surface area (Å²) in [6.45, 7) is 15.8. The van der Waals surface area contributed by atoms with Gasteiger partial charge in [-0.3, -0.25) is 0 Å². The molecule has 0 fully saturated rings. The van der Waals surface area contributed by atoms with E-state index in [-0.39, 0.29) is 10.8 Å². The largest absolute Gasteiger partial charge is 0.414 e. The summed E-state index contributed by atoms with van der Waals surface area (Å²) in [6, 6.07) is 1.20. The molecule has 2 radical (unpaired) electrons. The molecular weight excluding hydrogens is 188 g/mol. The van der Waals surface area contributed by atoms with Crippen LogP contribution in [0.1, 0.15) is 54.9 Å². The smallest absolute Gasteiger partial charge is 0.230 e. The summed E-state index contributed by atoms with van der Waals surface area (Å²) in [7, 11) is 0.660. The van der Waals surface area contributed by atoms with Crippen molar-refractivity contribution in [2.45, 2.75) is 67.0 Å². The Balaban J connectivity index is 4.28. The summed E-state index contributed by atoms with van der Waals surface area (Å²) in [5.74, 6) is 0. The summed E-state index contributed by atoms with van der Waals surface area (Å²) in [5, 5.41) is 0.